The van der Waals surface area contributed by atoms with Crippen LogP contribution in [0.5, 0.6) is 0 Å². The fourth-order valence-electron chi connectivity index (χ4n) is 5.29. The summed E-state index contributed by atoms with van der Waals surface area (Å²) in [5, 5.41) is 1.58. The molecule has 1 atom stereocenters. The third-order valence-corrected chi connectivity index (χ3v) is 6.90. The molecule has 7 nitrogen and oxygen atoms in total. The van der Waals surface area contributed by atoms with Crippen LogP contribution in [-0.2, 0) is 9.59 Å². The first-order chi connectivity index (χ1) is 15.6. The minimum absolute atomic E-state index is 0.0689. The minimum atomic E-state index is -0.358. The topological polar surface area (TPSA) is 78.0 Å². The molecule has 0 bridgehead atoms. The number of hydrogen-bond donors (Lipinski definition) is 0. The molecule has 4 amide bonds. The van der Waals surface area contributed by atoms with Gasteiger partial charge in [-0.15, -0.1) is 0 Å². The average Bonchev–Trinajstić information content (AvgIpc) is 3.51. The molecule has 166 valence electrons. The van der Waals surface area contributed by atoms with Gasteiger partial charge in [0.15, 0.2) is 0 Å². The SMILES string of the molecule is O=C([C@@H]1CCCN1C(=O)CCCN1C(=O)c2cccc3cccc(c23)C1=O)N1CCCC1. The van der Waals surface area contributed by atoms with Gasteiger partial charge in [-0.3, -0.25) is 24.1 Å². The van der Waals surface area contributed by atoms with Crippen LogP contribution in [0.1, 0.15) is 59.2 Å². The highest BCUT2D eigenvalue weighted by molar-refractivity contribution is 6.25. The van der Waals surface area contributed by atoms with Gasteiger partial charge in [-0.1, -0.05) is 24.3 Å². The van der Waals surface area contributed by atoms with E-state index in [0.29, 0.717) is 35.9 Å². The molecule has 2 aromatic carbocycles. The third-order valence-electron chi connectivity index (χ3n) is 6.90. The molecule has 7 heteroatoms. The Morgan fingerprint density at radius 3 is 2.19 bits per heavy atom. The second-order valence-electron chi connectivity index (χ2n) is 8.85. The first kappa shape index (κ1) is 20.7. The van der Waals surface area contributed by atoms with E-state index in [1.54, 1.807) is 17.0 Å². The minimum Gasteiger partial charge on any atom is -0.341 e. The van der Waals surface area contributed by atoms with E-state index in [1.807, 2.05) is 29.2 Å². The molecule has 0 radical (unpaired) electrons. The highest BCUT2D eigenvalue weighted by atomic mass is 16.2. The molecule has 2 fully saturated rings. The summed E-state index contributed by atoms with van der Waals surface area (Å²) in [5.41, 5.74) is 1.06. The Balaban J connectivity index is 1.23. The molecule has 0 unspecified atom stereocenters. The quantitative estimate of drug-likeness (QED) is 0.680. The van der Waals surface area contributed by atoms with Gasteiger partial charge < -0.3 is 9.80 Å². The number of likely N-dealkylation sites (tertiary alicyclic amines) is 2. The molecule has 0 aliphatic carbocycles. The monoisotopic (exact) mass is 433 g/mol. The zero-order chi connectivity index (χ0) is 22.2. The molecule has 3 aliphatic rings. The van der Waals surface area contributed by atoms with Crippen LogP contribution in [0, 0.1) is 0 Å². The molecule has 0 N–H and O–H groups in total. The van der Waals surface area contributed by atoms with Crippen molar-refractivity contribution in [1.29, 1.82) is 0 Å². The number of carbonyl (C=O) groups excluding carboxylic acids is 4. The Morgan fingerprint density at radius 2 is 1.53 bits per heavy atom. The van der Waals surface area contributed by atoms with Crippen molar-refractivity contribution < 1.29 is 19.2 Å². The average molecular weight is 434 g/mol. The van der Waals surface area contributed by atoms with E-state index in [1.165, 1.54) is 4.90 Å². The lowest BCUT2D eigenvalue weighted by atomic mass is 9.94. The number of hydrogen-bond acceptors (Lipinski definition) is 4. The molecule has 5 rings (SSSR count). The van der Waals surface area contributed by atoms with Gasteiger partial charge in [0.2, 0.25) is 11.8 Å². The normalized spacial score (nSPS) is 20.5. The van der Waals surface area contributed by atoms with Crippen molar-refractivity contribution in [2.24, 2.45) is 0 Å². The number of rotatable bonds is 5. The maximum Gasteiger partial charge on any atom is 0.261 e. The zero-order valence-corrected chi connectivity index (χ0v) is 18.1. The predicted molar refractivity (Wildman–Crippen MR) is 119 cm³/mol. The van der Waals surface area contributed by atoms with Crippen molar-refractivity contribution in [3.05, 3.63) is 47.5 Å². The second kappa shape index (κ2) is 8.37. The van der Waals surface area contributed by atoms with E-state index in [4.69, 9.17) is 0 Å². The third kappa shape index (κ3) is 3.45. The predicted octanol–water partition coefficient (Wildman–Crippen LogP) is 2.83. The number of nitrogens with zero attached hydrogens (tertiary/aromatic N) is 3. The van der Waals surface area contributed by atoms with Crippen LogP contribution in [0.2, 0.25) is 0 Å². The van der Waals surface area contributed by atoms with Crippen molar-refractivity contribution in [3.8, 4) is 0 Å². The van der Waals surface area contributed by atoms with Crippen molar-refractivity contribution in [2.75, 3.05) is 26.2 Å². The standard InChI is InChI=1S/C25H27N3O4/c29-21(27-15-5-11-20(27)25(32)26-13-1-2-14-26)12-6-16-28-23(30)18-9-3-7-17-8-4-10-19(22(17)18)24(28)31/h3-4,7-10,20H,1-2,5-6,11-16H2/t20-/m0/s1. The summed E-state index contributed by atoms with van der Waals surface area (Å²) >= 11 is 0. The summed E-state index contributed by atoms with van der Waals surface area (Å²) in [4.78, 5) is 56.5. The van der Waals surface area contributed by atoms with Crippen molar-refractivity contribution >= 4 is 34.4 Å². The zero-order valence-electron chi connectivity index (χ0n) is 18.1. The highest BCUT2D eigenvalue weighted by Gasteiger charge is 2.37. The number of carbonyl (C=O) groups is 4. The van der Waals surface area contributed by atoms with Gasteiger partial charge in [-0.2, -0.15) is 0 Å². The van der Waals surface area contributed by atoms with E-state index < -0.39 is 0 Å². The molecule has 32 heavy (non-hydrogen) atoms. The maximum atomic E-state index is 13.0. The lowest BCUT2D eigenvalue weighted by Crippen LogP contribution is -2.47. The first-order valence-corrected chi connectivity index (χ1v) is 11.5. The van der Waals surface area contributed by atoms with Gasteiger partial charge >= 0.3 is 0 Å². The molecule has 0 saturated carbocycles. The Labute approximate surface area is 186 Å². The van der Waals surface area contributed by atoms with Gasteiger partial charge in [-0.25, -0.2) is 0 Å². The van der Waals surface area contributed by atoms with E-state index in [9.17, 15) is 19.2 Å². The molecule has 0 aromatic heterocycles. The summed E-state index contributed by atoms with van der Waals surface area (Å²) in [6, 6.07) is 10.6. The van der Waals surface area contributed by atoms with Crippen LogP contribution in [0.3, 0.4) is 0 Å². The smallest absolute Gasteiger partial charge is 0.261 e. The first-order valence-electron chi connectivity index (χ1n) is 11.5. The van der Waals surface area contributed by atoms with Crippen LogP contribution in [0.25, 0.3) is 10.8 Å². The number of benzene rings is 2. The Hall–Kier alpha value is -3.22. The highest BCUT2D eigenvalue weighted by Crippen LogP contribution is 2.30. The van der Waals surface area contributed by atoms with Crippen molar-refractivity contribution in [2.45, 2.75) is 44.6 Å². The number of amides is 4. The summed E-state index contributed by atoms with van der Waals surface area (Å²) in [6.45, 7) is 2.35. The fraction of sp³-hybridized carbons (Fsp3) is 0.440. The fourth-order valence-corrected chi connectivity index (χ4v) is 5.29. The summed E-state index contributed by atoms with van der Waals surface area (Å²) in [7, 11) is 0. The largest absolute Gasteiger partial charge is 0.341 e. The Morgan fingerprint density at radius 1 is 0.875 bits per heavy atom. The van der Waals surface area contributed by atoms with Gasteiger partial charge in [0.25, 0.3) is 11.8 Å². The van der Waals surface area contributed by atoms with Gasteiger partial charge in [0.05, 0.1) is 0 Å². The molecular formula is C25H27N3O4. The molecule has 3 aliphatic heterocycles. The maximum absolute atomic E-state index is 13.0. The van der Waals surface area contributed by atoms with Crippen LogP contribution in [-0.4, -0.2) is 70.5 Å². The lowest BCUT2D eigenvalue weighted by Gasteiger charge is -2.29. The van der Waals surface area contributed by atoms with Crippen LogP contribution >= 0.6 is 0 Å². The van der Waals surface area contributed by atoms with Gasteiger partial charge in [-0.05, 0) is 49.6 Å². The van der Waals surface area contributed by atoms with Gasteiger partial charge in [0.1, 0.15) is 6.04 Å². The Bertz CT molecular complexity index is 1050. The Kier molecular flexibility index (Phi) is 5.41. The van der Waals surface area contributed by atoms with E-state index in [-0.39, 0.29) is 42.6 Å². The molecular weight excluding hydrogens is 406 g/mol. The summed E-state index contributed by atoms with van der Waals surface area (Å²) < 4.78 is 0. The molecule has 2 saturated heterocycles. The second-order valence-corrected chi connectivity index (χ2v) is 8.85. The van der Waals surface area contributed by atoms with E-state index in [2.05, 4.69) is 0 Å². The van der Waals surface area contributed by atoms with Crippen molar-refractivity contribution in [1.82, 2.24) is 14.7 Å². The summed E-state index contributed by atoms with van der Waals surface area (Å²) in [5.74, 6) is -0.621. The van der Waals surface area contributed by atoms with Gasteiger partial charge in [0, 0.05) is 49.1 Å². The lowest BCUT2D eigenvalue weighted by molar-refractivity contribution is -0.143. The van der Waals surface area contributed by atoms with Crippen molar-refractivity contribution in [3.63, 3.8) is 0 Å². The molecule has 0 spiro atoms. The molecule has 3 heterocycles. The van der Waals surface area contributed by atoms with Crippen LogP contribution in [0.15, 0.2) is 36.4 Å². The summed E-state index contributed by atoms with van der Waals surface area (Å²) in [6.07, 6.45) is 4.20. The van der Waals surface area contributed by atoms with E-state index in [0.717, 1.165) is 37.7 Å². The van der Waals surface area contributed by atoms with Crippen LogP contribution in [0.4, 0.5) is 0 Å². The molecule has 2 aromatic rings. The number of imide groups is 1. The van der Waals surface area contributed by atoms with E-state index >= 15 is 0 Å². The van der Waals surface area contributed by atoms with Crippen LogP contribution < -0.4 is 0 Å².